The van der Waals surface area contributed by atoms with Crippen molar-refractivity contribution in [3.05, 3.63) is 40.2 Å². The van der Waals surface area contributed by atoms with Gasteiger partial charge in [-0.15, -0.1) is 0 Å². The van der Waals surface area contributed by atoms with Gasteiger partial charge < -0.3 is 9.15 Å². The predicted molar refractivity (Wildman–Crippen MR) is 89.6 cm³/mol. The van der Waals surface area contributed by atoms with Gasteiger partial charge in [-0.2, -0.15) is 10.5 Å². The van der Waals surface area contributed by atoms with Gasteiger partial charge in [-0.25, -0.2) is 4.79 Å². The van der Waals surface area contributed by atoms with Crippen LogP contribution in [-0.2, 0) is 0 Å². The van der Waals surface area contributed by atoms with Gasteiger partial charge in [-0.3, -0.25) is 4.90 Å². The normalized spacial score (nSPS) is 10.5. The molecule has 24 heavy (non-hydrogen) atoms. The van der Waals surface area contributed by atoms with Crippen molar-refractivity contribution >= 4 is 11.0 Å². The van der Waals surface area contributed by atoms with Crippen molar-refractivity contribution in [2.45, 2.75) is 19.8 Å². The van der Waals surface area contributed by atoms with Crippen molar-refractivity contribution in [3.63, 3.8) is 0 Å². The summed E-state index contributed by atoms with van der Waals surface area (Å²) < 4.78 is 10.9. The number of fused-ring (bicyclic) bond motifs is 1. The van der Waals surface area contributed by atoms with Crippen LogP contribution in [0, 0.1) is 29.6 Å². The van der Waals surface area contributed by atoms with Gasteiger partial charge in [-0.1, -0.05) is 0 Å². The molecule has 0 bridgehead atoms. The fraction of sp³-hybridized carbons (Fsp3) is 0.389. The Hall–Kier alpha value is -2.83. The van der Waals surface area contributed by atoms with Crippen molar-refractivity contribution in [2.24, 2.45) is 0 Å². The van der Waals surface area contributed by atoms with E-state index in [1.165, 1.54) is 6.07 Å². The molecular formula is C18H19N3O3. The molecule has 0 atom stereocenters. The van der Waals surface area contributed by atoms with Crippen LogP contribution in [0.2, 0.25) is 0 Å². The number of aryl methyl sites for hydroxylation is 1. The minimum Gasteiger partial charge on any atom is -0.492 e. The second kappa shape index (κ2) is 8.71. The molecule has 0 radical (unpaired) electrons. The molecule has 0 N–H and O–H groups in total. The van der Waals surface area contributed by atoms with Crippen LogP contribution >= 0.6 is 0 Å². The van der Waals surface area contributed by atoms with Crippen LogP contribution in [-0.4, -0.2) is 31.1 Å². The van der Waals surface area contributed by atoms with Crippen molar-refractivity contribution in [1.82, 2.24) is 4.90 Å². The molecule has 0 aliphatic carbocycles. The third-order valence-corrected chi connectivity index (χ3v) is 3.68. The molecule has 6 nitrogen and oxygen atoms in total. The topological polar surface area (TPSA) is 90.3 Å². The van der Waals surface area contributed by atoms with E-state index in [1.54, 1.807) is 6.07 Å². The number of ether oxygens (including phenoxy) is 1. The van der Waals surface area contributed by atoms with Gasteiger partial charge in [0.25, 0.3) is 0 Å². The lowest BCUT2D eigenvalue weighted by Gasteiger charge is -2.19. The van der Waals surface area contributed by atoms with Crippen LogP contribution in [0.3, 0.4) is 0 Å². The molecule has 0 spiro atoms. The first-order chi connectivity index (χ1) is 11.6. The molecular weight excluding hydrogens is 306 g/mol. The molecule has 2 rings (SSSR count). The Balaban J connectivity index is 1.98. The van der Waals surface area contributed by atoms with Gasteiger partial charge in [0, 0.05) is 50.0 Å². The zero-order valence-corrected chi connectivity index (χ0v) is 13.6. The first-order valence-corrected chi connectivity index (χ1v) is 7.77. The maximum absolute atomic E-state index is 11.5. The Labute approximate surface area is 140 Å². The summed E-state index contributed by atoms with van der Waals surface area (Å²) in [7, 11) is 0. The second-order valence-corrected chi connectivity index (χ2v) is 5.41. The summed E-state index contributed by atoms with van der Waals surface area (Å²) in [5.41, 5.74) is 0.992. The number of benzene rings is 1. The summed E-state index contributed by atoms with van der Waals surface area (Å²) >= 11 is 0. The molecule has 0 aliphatic rings. The highest BCUT2D eigenvalue weighted by atomic mass is 16.5. The number of hydrogen-bond donors (Lipinski definition) is 0. The molecule has 0 fully saturated rings. The number of rotatable bonds is 8. The van der Waals surface area contributed by atoms with Crippen molar-refractivity contribution in [2.75, 3.05) is 26.2 Å². The molecule has 124 valence electrons. The Kier molecular flexibility index (Phi) is 6.36. The Bertz CT molecular complexity index is 812. The van der Waals surface area contributed by atoms with E-state index in [0.29, 0.717) is 50.4 Å². The lowest BCUT2D eigenvalue weighted by atomic mass is 10.1. The maximum Gasteiger partial charge on any atom is 0.336 e. The Morgan fingerprint density at radius 3 is 2.50 bits per heavy atom. The maximum atomic E-state index is 11.5. The standard InChI is InChI=1S/C18H19N3O3/c1-14-12-18(22)24-17-13-15(4-5-16(14)17)23-11-10-21(8-2-6-19)9-3-7-20/h4-5,12-13H,2-3,8-11H2,1H3. The molecule has 0 amide bonds. The quantitative estimate of drug-likeness (QED) is 0.693. The van der Waals surface area contributed by atoms with Gasteiger partial charge in [0.2, 0.25) is 0 Å². The van der Waals surface area contributed by atoms with E-state index in [2.05, 4.69) is 12.1 Å². The van der Waals surface area contributed by atoms with E-state index in [0.717, 1.165) is 10.9 Å². The van der Waals surface area contributed by atoms with Crippen molar-refractivity contribution < 1.29 is 9.15 Å². The Morgan fingerprint density at radius 1 is 1.12 bits per heavy atom. The van der Waals surface area contributed by atoms with Gasteiger partial charge in [0.05, 0.1) is 12.1 Å². The van der Waals surface area contributed by atoms with E-state index in [1.807, 2.05) is 24.0 Å². The SMILES string of the molecule is Cc1cc(=O)oc2cc(OCCN(CCC#N)CCC#N)ccc12. The summed E-state index contributed by atoms with van der Waals surface area (Å²) in [5.74, 6) is 0.622. The molecule has 6 heteroatoms. The van der Waals surface area contributed by atoms with Gasteiger partial charge >= 0.3 is 5.63 Å². The molecule has 0 aliphatic heterocycles. The van der Waals surface area contributed by atoms with E-state index in [-0.39, 0.29) is 5.63 Å². The summed E-state index contributed by atoms with van der Waals surface area (Å²) in [6.45, 7) is 4.15. The average molecular weight is 325 g/mol. The first kappa shape index (κ1) is 17.5. The lowest BCUT2D eigenvalue weighted by molar-refractivity contribution is 0.214. The number of hydrogen-bond acceptors (Lipinski definition) is 6. The van der Waals surface area contributed by atoms with Crippen LogP contribution < -0.4 is 10.4 Å². The highest BCUT2D eigenvalue weighted by Crippen LogP contribution is 2.22. The summed E-state index contributed by atoms with van der Waals surface area (Å²) in [6, 6.07) is 11.1. The third-order valence-electron chi connectivity index (χ3n) is 3.68. The zero-order chi connectivity index (χ0) is 17.4. The van der Waals surface area contributed by atoms with Crippen LogP contribution in [0.25, 0.3) is 11.0 Å². The first-order valence-electron chi connectivity index (χ1n) is 7.77. The fourth-order valence-corrected chi connectivity index (χ4v) is 2.44. The molecule has 1 aromatic heterocycles. The number of nitriles is 2. The van der Waals surface area contributed by atoms with Gasteiger partial charge in [0.15, 0.2) is 0 Å². The molecule has 0 unspecified atom stereocenters. The van der Waals surface area contributed by atoms with Crippen LogP contribution in [0.4, 0.5) is 0 Å². The minimum absolute atomic E-state index is 0.378. The highest BCUT2D eigenvalue weighted by molar-refractivity contribution is 5.81. The molecule has 0 saturated heterocycles. The molecule has 0 saturated carbocycles. The largest absolute Gasteiger partial charge is 0.492 e. The monoisotopic (exact) mass is 325 g/mol. The van der Waals surface area contributed by atoms with E-state index in [4.69, 9.17) is 19.7 Å². The van der Waals surface area contributed by atoms with Crippen molar-refractivity contribution in [1.29, 1.82) is 10.5 Å². The van der Waals surface area contributed by atoms with Gasteiger partial charge in [0.1, 0.15) is 17.9 Å². The smallest absolute Gasteiger partial charge is 0.336 e. The Morgan fingerprint density at radius 2 is 1.83 bits per heavy atom. The zero-order valence-electron chi connectivity index (χ0n) is 13.6. The molecule has 1 heterocycles. The molecule has 2 aromatic rings. The number of nitrogens with zero attached hydrogens (tertiary/aromatic N) is 3. The van der Waals surface area contributed by atoms with E-state index in [9.17, 15) is 4.79 Å². The predicted octanol–water partition coefficient (Wildman–Crippen LogP) is 2.61. The summed E-state index contributed by atoms with van der Waals surface area (Å²) in [5, 5.41) is 18.2. The van der Waals surface area contributed by atoms with Crippen molar-refractivity contribution in [3.8, 4) is 17.9 Å². The minimum atomic E-state index is -0.378. The van der Waals surface area contributed by atoms with Gasteiger partial charge in [-0.05, 0) is 24.6 Å². The molecule has 1 aromatic carbocycles. The van der Waals surface area contributed by atoms with E-state index >= 15 is 0 Å². The van der Waals surface area contributed by atoms with Crippen LogP contribution in [0.5, 0.6) is 5.75 Å². The average Bonchev–Trinajstić information content (AvgIpc) is 2.56. The van der Waals surface area contributed by atoms with E-state index < -0.39 is 0 Å². The highest BCUT2D eigenvalue weighted by Gasteiger charge is 2.07. The summed E-state index contributed by atoms with van der Waals surface area (Å²) in [6.07, 6.45) is 0.845. The third kappa shape index (κ3) is 4.84. The fourth-order valence-electron chi connectivity index (χ4n) is 2.44. The lowest BCUT2D eigenvalue weighted by Crippen LogP contribution is -2.30. The second-order valence-electron chi connectivity index (χ2n) is 5.41. The van der Waals surface area contributed by atoms with Crippen LogP contribution in [0.1, 0.15) is 18.4 Å². The summed E-state index contributed by atoms with van der Waals surface area (Å²) in [4.78, 5) is 13.5. The van der Waals surface area contributed by atoms with Crippen LogP contribution in [0.15, 0.2) is 33.5 Å².